The lowest BCUT2D eigenvalue weighted by molar-refractivity contribution is -0.137. The summed E-state index contributed by atoms with van der Waals surface area (Å²) in [6.45, 7) is 0. The minimum absolute atomic E-state index is 0.0945. The summed E-state index contributed by atoms with van der Waals surface area (Å²) >= 11 is 0. The van der Waals surface area contributed by atoms with Crippen LogP contribution in [0.15, 0.2) is 24.3 Å². The molecule has 0 bridgehead atoms. The molecule has 0 aliphatic heterocycles. The molecule has 0 saturated carbocycles. The smallest absolute Gasteiger partial charge is 0.301 e. The highest BCUT2D eigenvalue weighted by molar-refractivity contribution is 5.60. The second kappa shape index (κ2) is 3.51. The molecular formula is C9H6F3N4-. The van der Waals surface area contributed by atoms with Crippen LogP contribution in [0.2, 0.25) is 0 Å². The van der Waals surface area contributed by atoms with Gasteiger partial charge in [0.15, 0.2) is 0 Å². The fourth-order valence-electron chi connectivity index (χ4n) is 1.28. The van der Waals surface area contributed by atoms with Crippen molar-refractivity contribution >= 4 is 0 Å². The molecule has 4 nitrogen and oxygen atoms in total. The predicted molar refractivity (Wildman–Crippen MR) is 49.0 cm³/mol. The van der Waals surface area contributed by atoms with Crippen LogP contribution in [0.3, 0.4) is 0 Å². The molecular weight excluding hydrogens is 221 g/mol. The molecule has 0 aliphatic rings. The second-order valence-electron chi connectivity index (χ2n) is 3.03. The van der Waals surface area contributed by atoms with Crippen molar-refractivity contribution in [3.05, 3.63) is 36.9 Å². The van der Waals surface area contributed by atoms with Crippen LogP contribution < -0.4 is 0 Å². The molecule has 2 rings (SSSR count). The Morgan fingerprint density at radius 1 is 1.19 bits per heavy atom. The number of aromatic nitrogens is 4. The van der Waals surface area contributed by atoms with Gasteiger partial charge in [0.2, 0.25) is 5.82 Å². The minimum Gasteiger partial charge on any atom is -0.301 e. The Morgan fingerprint density at radius 3 is 2.44 bits per heavy atom. The molecule has 0 atom stereocenters. The molecule has 1 aromatic heterocycles. The highest BCUT2D eigenvalue weighted by Crippen LogP contribution is 2.35. The topological polar surface area (TPSA) is 43.6 Å². The van der Waals surface area contributed by atoms with E-state index in [-0.39, 0.29) is 11.4 Å². The molecule has 0 N–H and O–H groups in total. The third-order valence-electron chi connectivity index (χ3n) is 1.93. The molecule has 2 aromatic rings. The van der Waals surface area contributed by atoms with Gasteiger partial charge in [0.05, 0.1) is 5.56 Å². The molecule has 0 unspecified atom stereocenters. The Bertz CT molecular complexity index is 503. The van der Waals surface area contributed by atoms with E-state index in [1.54, 1.807) is 0 Å². The highest BCUT2D eigenvalue weighted by atomic mass is 19.4. The summed E-state index contributed by atoms with van der Waals surface area (Å²) < 4.78 is 37.9. The van der Waals surface area contributed by atoms with Crippen molar-refractivity contribution in [2.24, 2.45) is 0 Å². The molecule has 0 aliphatic carbocycles. The van der Waals surface area contributed by atoms with E-state index in [0.717, 1.165) is 10.9 Å². The first-order valence-electron chi connectivity index (χ1n) is 4.26. The van der Waals surface area contributed by atoms with E-state index >= 15 is 0 Å². The molecule has 1 aromatic carbocycles. The van der Waals surface area contributed by atoms with Gasteiger partial charge in [-0.3, -0.25) is 7.05 Å². The van der Waals surface area contributed by atoms with E-state index < -0.39 is 11.7 Å². The molecule has 16 heavy (non-hydrogen) atoms. The summed E-state index contributed by atoms with van der Waals surface area (Å²) in [5.74, 6) is -0.0945. The van der Waals surface area contributed by atoms with Gasteiger partial charge >= 0.3 is 6.18 Å². The maximum atomic E-state index is 12.6. The zero-order chi connectivity index (χ0) is 11.8. The normalized spacial score (nSPS) is 11.7. The Balaban J connectivity index is 2.57. The Morgan fingerprint density at radius 2 is 1.88 bits per heavy atom. The van der Waals surface area contributed by atoms with Crippen molar-refractivity contribution in [1.82, 2.24) is 20.2 Å². The quantitative estimate of drug-likeness (QED) is 0.700. The zero-order valence-electron chi connectivity index (χ0n) is 7.94. The van der Waals surface area contributed by atoms with Crippen LogP contribution in [-0.2, 0) is 6.18 Å². The molecule has 1 heterocycles. The molecule has 0 saturated heterocycles. The Labute approximate surface area is 88.7 Å². The SMILES string of the molecule is [CH2-]n1nnc(-c2ccccc2C(F)(F)F)n1. The third kappa shape index (κ3) is 1.83. The van der Waals surface area contributed by atoms with E-state index in [2.05, 4.69) is 22.5 Å². The fourth-order valence-corrected chi connectivity index (χ4v) is 1.28. The van der Waals surface area contributed by atoms with E-state index in [1.807, 2.05) is 0 Å². The van der Waals surface area contributed by atoms with Crippen LogP contribution in [0.1, 0.15) is 5.56 Å². The van der Waals surface area contributed by atoms with E-state index in [4.69, 9.17) is 0 Å². The van der Waals surface area contributed by atoms with Gasteiger partial charge in [-0.25, -0.2) is 0 Å². The van der Waals surface area contributed by atoms with Crippen molar-refractivity contribution < 1.29 is 13.2 Å². The predicted octanol–water partition coefficient (Wildman–Crippen LogP) is 2.00. The molecule has 0 radical (unpaired) electrons. The van der Waals surface area contributed by atoms with Crippen molar-refractivity contribution in [2.45, 2.75) is 6.18 Å². The van der Waals surface area contributed by atoms with Gasteiger partial charge in [-0.2, -0.15) is 18.3 Å². The number of benzene rings is 1. The van der Waals surface area contributed by atoms with Crippen LogP contribution >= 0.6 is 0 Å². The first-order valence-corrected chi connectivity index (χ1v) is 4.26. The van der Waals surface area contributed by atoms with Crippen molar-refractivity contribution in [3.63, 3.8) is 0 Å². The number of halogens is 3. The lowest BCUT2D eigenvalue weighted by atomic mass is 10.1. The van der Waals surface area contributed by atoms with Gasteiger partial charge < -0.3 is 4.80 Å². The highest BCUT2D eigenvalue weighted by Gasteiger charge is 2.34. The zero-order valence-corrected chi connectivity index (χ0v) is 7.94. The Kier molecular flexibility index (Phi) is 2.30. The van der Waals surface area contributed by atoms with Crippen molar-refractivity contribution in [1.29, 1.82) is 0 Å². The lowest BCUT2D eigenvalue weighted by Gasteiger charge is -2.09. The Hall–Kier alpha value is -2.05. The van der Waals surface area contributed by atoms with Gasteiger partial charge in [0.1, 0.15) is 0 Å². The molecule has 0 spiro atoms. The molecule has 0 fully saturated rings. The van der Waals surface area contributed by atoms with Crippen LogP contribution in [0.5, 0.6) is 0 Å². The largest absolute Gasteiger partial charge is 0.417 e. The number of tetrazole rings is 1. The van der Waals surface area contributed by atoms with Gasteiger partial charge in [-0.05, 0) is 6.07 Å². The van der Waals surface area contributed by atoms with Crippen molar-refractivity contribution in [2.75, 3.05) is 0 Å². The number of nitrogens with zero attached hydrogens (tertiary/aromatic N) is 4. The first-order chi connectivity index (χ1) is 7.48. The third-order valence-corrected chi connectivity index (χ3v) is 1.93. The first kappa shape index (κ1) is 10.5. The van der Waals surface area contributed by atoms with Crippen LogP contribution in [0.25, 0.3) is 11.4 Å². The standard InChI is InChI=1S/C9H6F3N4/c1-16-14-8(13-15-16)6-4-2-3-5-7(6)9(10,11)12/h2-5H,1H2/q-1. The summed E-state index contributed by atoms with van der Waals surface area (Å²) in [7, 11) is 3.31. The van der Waals surface area contributed by atoms with Crippen LogP contribution in [0, 0.1) is 7.05 Å². The van der Waals surface area contributed by atoms with Crippen LogP contribution in [-0.4, -0.2) is 20.2 Å². The van der Waals surface area contributed by atoms with Gasteiger partial charge in [0.25, 0.3) is 0 Å². The average molecular weight is 227 g/mol. The summed E-state index contributed by atoms with van der Waals surface area (Å²) in [6, 6.07) is 5.05. The summed E-state index contributed by atoms with van der Waals surface area (Å²) in [5, 5.41) is 10.5. The summed E-state index contributed by atoms with van der Waals surface area (Å²) in [4.78, 5) is 0.864. The second-order valence-corrected chi connectivity index (χ2v) is 3.03. The number of alkyl halides is 3. The average Bonchev–Trinajstić information content (AvgIpc) is 2.64. The number of hydrogen-bond acceptors (Lipinski definition) is 3. The fraction of sp³-hybridized carbons (Fsp3) is 0.111. The maximum absolute atomic E-state index is 12.6. The maximum Gasteiger partial charge on any atom is 0.417 e. The van der Waals surface area contributed by atoms with Gasteiger partial charge in [0, 0.05) is 5.56 Å². The lowest BCUT2D eigenvalue weighted by Crippen LogP contribution is -2.07. The number of rotatable bonds is 1. The summed E-state index contributed by atoms with van der Waals surface area (Å²) in [5.41, 5.74) is -0.895. The molecule has 0 amide bonds. The van der Waals surface area contributed by atoms with E-state index in [1.165, 1.54) is 18.2 Å². The molecule has 7 heteroatoms. The van der Waals surface area contributed by atoms with Gasteiger partial charge in [-0.15, -0.1) is 5.10 Å². The van der Waals surface area contributed by atoms with Crippen molar-refractivity contribution in [3.8, 4) is 11.4 Å². The number of hydrogen-bond donors (Lipinski definition) is 0. The minimum atomic E-state index is -4.44. The van der Waals surface area contributed by atoms with Gasteiger partial charge in [-0.1, -0.05) is 23.4 Å². The van der Waals surface area contributed by atoms with Crippen LogP contribution in [0.4, 0.5) is 13.2 Å². The van der Waals surface area contributed by atoms with E-state index in [9.17, 15) is 13.2 Å². The summed E-state index contributed by atoms with van der Waals surface area (Å²) in [6.07, 6.45) is -4.44. The van der Waals surface area contributed by atoms with E-state index in [0.29, 0.717) is 0 Å². The monoisotopic (exact) mass is 227 g/mol. The molecule has 84 valence electrons.